The van der Waals surface area contributed by atoms with Gasteiger partial charge in [0.25, 0.3) is 0 Å². The Morgan fingerprint density at radius 1 is 1.12 bits per heavy atom. The number of carbonyl (C=O) groups is 1. The molecule has 1 aromatic heterocycles. The van der Waals surface area contributed by atoms with Crippen LogP contribution < -0.4 is 5.46 Å². The molecule has 7 heteroatoms. The van der Waals surface area contributed by atoms with Crippen LogP contribution in [0.3, 0.4) is 0 Å². The predicted molar refractivity (Wildman–Crippen MR) is 97.6 cm³/mol. The van der Waals surface area contributed by atoms with Gasteiger partial charge in [0.1, 0.15) is 5.60 Å². The molecule has 0 fully saturated rings. The van der Waals surface area contributed by atoms with Gasteiger partial charge in [-0.2, -0.15) is 0 Å². The van der Waals surface area contributed by atoms with Crippen LogP contribution in [0.1, 0.15) is 47.1 Å². The highest BCUT2D eigenvalue weighted by atomic mass is 16.6. The zero-order chi connectivity index (χ0) is 19.2. The number of hydrogen-bond acceptors (Lipinski definition) is 5. The van der Waals surface area contributed by atoms with E-state index in [-0.39, 0.29) is 0 Å². The van der Waals surface area contributed by atoms with Gasteiger partial charge in [0.15, 0.2) is 0 Å². The minimum absolute atomic E-state index is 0.342. The van der Waals surface area contributed by atoms with Crippen LogP contribution in [-0.4, -0.2) is 44.4 Å². The lowest BCUT2D eigenvalue weighted by Gasteiger charge is -2.38. The van der Waals surface area contributed by atoms with E-state index in [1.165, 1.54) is 0 Å². The third-order valence-corrected chi connectivity index (χ3v) is 5.01. The molecule has 2 aromatic rings. The molecule has 1 heterocycles. The van der Waals surface area contributed by atoms with Gasteiger partial charge >= 0.3 is 13.1 Å². The zero-order valence-electron chi connectivity index (χ0n) is 15.5. The van der Waals surface area contributed by atoms with Crippen molar-refractivity contribution in [3.05, 3.63) is 30.0 Å². The van der Waals surface area contributed by atoms with Crippen LogP contribution >= 0.6 is 0 Å². The van der Waals surface area contributed by atoms with E-state index in [1.807, 2.05) is 0 Å². The Balaban J connectivity index is 2.44. The first-order valence-electron chi connectivity index (χ1n) is 8.21. The molecule has 0 saturated heterocycles. The topological polar surface area (TPSA) is 103 Å². The van der Waals surface area contributed by atoms with E-state index < -0.39 is 29.7 Å². The highest BCUT2D eigenvalue weighted by molar-refractivity contribution is 6.58. The van der Waals surface area contributed by atoms with Gasteiger partial charge in [-0.25, -0.2) is 0 Å². The summed E-state index contributed by atoms with van der Waals surface area (Å²) < 4.78 is 5.62. The molecule has 0 aliphatic carbocycles. The van der Waals surface area contributed by atoms with E-state index in [0.29, 0.717) is 16.4 Å². The number of esters is 1. The number of nitrogens with one attached hydrogen (secondary N) is 1. The smallest absolute Gasteiger partial charge is 0.456 e. The summed E-state index contributed by atoms with van der Waals surface area (Å²) in [6.07, 6.45) is 1.72. The van der Waals surface area contributed by atoms with Crippen LogP contribution in [-0.2, 0) is 14.9 Å². The summed E-state index contributed by atoms with van der Waals surface area (Å²) in [5.41, 5.74) is -1.47. The lowest BCUT2D eigenvalue weighted by Crippen LogP contribution is -2.50. The quantitative estimate of drug-likeness (QED) is 0.481. The first kappa shape index (κ1) is 19.5. The highest BCUT2D eigenvalue weighted by Crippen LogP contribution is 2.34. The molecule has 25 heavy (non-hydrogen) atoms. The predicted octanol–water partition coefficient (Wildman–Crippen LogP) is 1.22. The number of ether oxygens (including phenoxy) is 1. The van der Waals surface area contributed by atoms with E-state index in [2.05, 4.69) is 4.98 Å². The SMILES string of the molecule is CC(C)(C(=O)OC(C)(C)C(C)(C)O)c1c[nH]c2ccc(B(O)O)cc12. The molecule has 0 bridgehead atoms. The molecule has 0 saturated carbocycles. The summed E-state index contributed by atoms with van der Waals surface area (Å²) in [7, 11) is -1.59. The van der Waals surface area contributed by atoms with Crippen molar-refractivity contribution in [3.63, 3.8) is 0 Å². The molecule has 0 aliphatic rings. The second-order valence-electron chi connectivity index (χ2n) is 7.96. The summed E-state index contributed by atoms with van der Waals surface area (Å²) in [6.45, 7) is 9.98. The van der Waals surface area contributed by atoms with Crippen LogP contribution in [0.5, 0.6) is 0 Å². The number of aliphatic hydroxyl groups is 1. The second kappa shape index (κ2) is 6.16. The van der Waals surface area contributed by atoms with Crippen LogP contribution in [0.15, 0.2) is 24.4 Å². The highest BCUT2D eigenvalue weighted by Gasteiger charge is 2.43. The molecule has 0 unspecified atom stereocenters. The van der Waals surface area contributed by atoms with Crippen LogP contribution in [0.4, 0.5) is 0 Å². The molecular formula is C18H26BNO5. The number of benzene rings is 1. The standard InChI is InChI=1S/C18H26BNO5/c1-16(2,15(21)25-18(5,6)17(3,4)22)13-10-20-14-8-7-11(19(23)24)9-12(13)14/h7-10,20,22-24H,1-6H3. The van der Waals surface area contributed by atoms with E-state index in [0.717, 1.165) is 5.52 Å². The number of H-pyrrole nitrogens is 1. The average Bonchev–Trinajstić information content (AvgIpc) is 2.88. The van der Waals surface area contributed by atoms with Gasteiger partial charge < -0.3 is 24.9 Å². The largest absolute Gasteiger partial charge is 0.488 e. The maximum absolute atomic E-state index is 12.8. The monoisotopic (exact) mass is 347 g/mol. The van der Waals surface area contributed by atoms with Crippen molar-refractivity contribution >= 4 is 29.5 Å². The van der Waals surface area contributed by atoms with Gasteiger partial charge in [-0.3, -0.25) is 4.79 Å². The van der Waals surface area contributed by atoms with Crippen LogP contribution in [0.25, 0.3) is 10.9 Å². The maximum atomic E-state index is 12.8. The van der Waals surface area contributed by atoms with Crippen molar-refractivity contribution in [2.24, 2.45) is 0 Å². The number of carbonyl (C=O) groups excluding carboxylic acids is 1. The van der Waals surface area contributed by atoms with Gasteiger partial charge in [-0.05, 0) is 58.6 Å². The van der Waals surface area contributed by atoms with Crippen LogP contribution in [0.2, 0.25) is 0 Å². The molecule has 1 aromatic carbocycles. The van der Waals surface area contributed by atoms with Crippen molar-refractivity contribution in [1.29, 1.82) is 0 Å². The zero-order valence-corrected chi connectivity index (χ0v) is 15.5. The summed E-state index contributed by atoms with van der Waals surface area (Å²) in [5, 5.41) is 29.7. The Morgan fingerprint density at radius 3 is 2.24 bits per heavy atom. The van der Waals surface area contributed by atoms with E-state index in [4.69, 9.17) is 4.74 Å². The first-order chi connectivity index (χ1) is 11.3. The fraction of sp³-hybridized carbons (Fsp3) is 0.500. The second-order valence-corrected chi connectivity index (χ2v) is 7.96. The summed E-state index contributed by atoms with van der Waals surface area (Å²) >= 11 is 0. The molecule has 0 radical (unpaired) electrons. The lowest BCUT2D eigenvalue weighted by atomic mass is 9.78. The van der Waals surface area contributed by atoms with Gasteiger partial charge in [0.05, 0.1) is 11.0 Å². The number of fused-ring (bicyclic) bond motifs is 1. The Hall–Kier alpha value is -1.83. The molecule has 6 nitrogen and oxygen atoms in total. The normalized spacial score (nSPS) is 13.2. The maximum Gasteiger partial charge on any atom is 0.488 e. The van der Waals surface area contributed by atoms with E-state index >= 15 is 0 Å². The Kier molecular flexibility index (Phi) is 4.80. The minimum Gasteiger partial charge on any atom is -0.456 e. The van der Waals surface area contributed by atoms with Crippen molar-refractivity contribution < 1.29 is 24.7 Å². The van der Waals surface area contributed by atoms with E-state index in [1.54, 1.807) is 65.9 Å². The van der Waals surface area contributed by atoms with Crippen molar-refractivity contribution in [2.75, 3.05) is 0 Å². The summed E-state index contributed by atoms with van der Waals surface area (Å²) in [6, 6.07) is 4.98. The van der Waals surface area contributed by atoms with E-state index in [9.17, 15) is 19.9 Å². The molecular weight excluding hydrogens is 321 g/mol. The fourth-order valence-electron chi connectivity index (χ4n) is 2.41. The van der Waals surface area contributed by atoms with Gasteiger partial charge in [-0.15, -0.1) is 0 Å². The lowest BCUT2D eigenvalue weighted by molar-refractivity contribution is -0.186. The molecule has 136 valence electrons. The van der Waals surface area contributed by atoms with Gasteiger partial charge in [0.2, 0.25) is 0 Å². The molecule has 0 amide bonds. The van der Waals surface area contributed by atoms with Crippen molar-refractivity contribution in [1.82, 2.24) is 4.98 Å². The van der Waals surface area contributed by atoms with Gasteiger partial charge in [-0.1, -0.05) is 12.1 Å². The number of aromatic nitrogens is 1. The Morgan fingerprint density at radius 2 is 1.72 bits per heavy atom. The third kappa shape index (κ3) is 3.59. The van der Waals surface area contributed by atoms with Crippen LogP contribution in [0, 0.1) is 0 Å². The summed E-state index contributed by atoms with van der Waals surface area (Å²) in [5.74, 6) is -0.476. The molecule has 0 aliphatic heterocycles. The number of rotatable bonds is 5. The molecule has 0 atom stereocenters. The molecule has 0 spiro atoms. The summed E-state index contributed by atoms with van der Waals surface area (Å²) in [4.78, 5) is 15.9. The fourth-order valence-corrected chi connectivity index (χ4v) is 2.41. The third-order valence-electron chi connectivity index (χ3n) is 5.01. The molecule has 4 N–H and O–H groups in total. The molecule has 2 rings (SSSR count). The Labute approximate surface area is 148 Å². The average molecular weight is 347 g/mol. The van der Waals surface area contributed by atoms with Crippen molar-refractivity contribution in [2.45, 2.75) is 58.2 Å². The number of hydrogen-bond donors (Lipinski definition) is 4. The van der Waals surface area contributed by atoms with Gasteiger partial charge in [0, 0.05) is 17.1 Å². The minimum atomic E-state index is -1.59. The number of aromatic amines is 1. The Bertz CT molecular complexity index is 786. The van der Waals surface area contributed by atoms with Crippen molar-refractivity contribution in [3.8, 4) is 0 Å². The first-order valence-corrected chi connectivity index (χ1v) is 8.21.